The zero-order valence-electron chi connectivity index (χ0n) is 11.9. The Kier molecular flexibility index (Phi) is 5.15. The van der Waals surface area contributed by atoms with Crippen LogP contribution in [0.5, 0.6) is 0 Å². The highest BCUT2D eigenvalue weighted by molar-refractivity contribution is 7.91. The Morgan fingerprint density at radius 3 is 2.50 bits per heavy atom. The molecule has 5 nitrogen and oxygen atoms in total. The maximum Gasteiger partial charge on any atom is 0.216 e. The molecule has 1 heterocycles. The molecule has 0 bridgehead atoms. The molecule has 0 aliphatic rings. The fourth-order valence-electron chi connectivity index (χ4n) is 2.00. The highest BCUT2D eigenvalue weighted by Crippen LogP contribution is 2.28. The molecular weight excluding hydrogens is 324 g/mol. The second-order valence-electron chi connectivity index (χ2n) is 4.71. The number of aromatic nitrogens is 1. The molecule has 0 unspecified atom stereocenters. The molecule has 0 saturated carbocycles. The monoisotopic (exact) mass is 338 g/mol. The molecule has 0 spiro atoms. The van der Waals surface area contributed by atoms with Crippen molar-refractivity contribution in [1.82, 2.24) is 10.3 Å². The van der Waals surface area contributed by atoms with Crippen LogP contribution in [0.3, 0.4) is 0 Å². The van der Waals surface area contributed by atoms with Crippen molar-refractivity contribution in [2.24, 2.45) is 0 Å². The number of carbonyl (C=O) groups excluding carboxylic acids is 1. The van der Waals surface area contributed by atoms with E-state index in [0.29, 0.717) is 10.6 Å². The van der Waals surface area contributed by atoms with Crippen molar-refractivity contribution >= 4 is 27.3 Å². The first-order valence-corrected chi connectivity index (χ1v) is 8.47. The zero-order valence-corrected chi connectivity index (χ0v) is 13.4. The van der Waals surface area contributed by atoms with E-state index in [0.717, 1.165) is 0 Å². The first-order valence-electron chi connectivity index (χ1n) is 6.55. The number of pyridine rings is 1. The number of nitrogens with zero attached hydrogens (tertiary/aromatic N) is 1. The Bertz CT molecular complexity index is 746. The van der Waals surface area contributed by atoms with Gasteiger partial charge < -0.3 is 5.32 Å². The molecule has 116 valence electrons. The van der Waals surface area contributed by atoms with Gasteiger partial charge in [0.05, 0.1) is 4.90 Å². The van der Waals surface area contributed by atoms with Crippen molar-refractivity contribution in [1.29, 1.82) is 0 Å². The van der Waals surface area contributed by atoms with Gasteiger partial charge in [0.2, 0.25) is 5.91 Å². The number of halogens is 1. The Hall–Kier alpha value is -1.92. The van der Waals surface area contributed by atoms with Gasteiger partial charge in [0.1, 0.15) is 5.25 Å². The van der Waals surface area contributed by atoms with Crippen LogP contribution < -0.4 is 5.32 Å². The lowest BCUT2D eigenvalue weighted by Crippen LogP contribution is -2.30. The van der Waals surface area contributed by atoms with Crippen LogP contribution >= 0.6 is 11.6 Å². The first-order chi connectivity index (χ1) is 10.4. The second kappa shape index (κ2) is 6.89. The normalized spacial score (nSPS) is 12.6. The molecular formula is C15H15ClN2O3S. The number of carbonyl (C=O) groups is 1. The average molecular weight is 339 g/mol. The van der Waals surface area contributed by atoms with E-state index in [2.05, 4.69) is 10.3 Å². The van der Waals surface area contributed by atoms with Gasteiger partial charge in [-0.05, 0) is 35.9 Å². The van der Waals surface area contributed by atoms with Gasteiger partial charge in [0.25, 0.3) is 0 Å². The molecule has 22 heavy (non-hydrogen) atoms. The van der Waals surface area contributed by atoms with Crippen molar-refractivity contribution in [2.75, 3.05) is 6.54 Å². The molecule has 1 N–H and O–H groups in total. The molecule has 0 aliphatic carbocycles. The van der Waals surface area contributed by atoms with Crippen LogP contribution in [0.25, 0.3) is 0 Å². The Labute approximate surface area is 134 Å². The molecule has 7 heteroatoms. The summed E-state index contributed by atoms with van der Waals surface area (Å²) in [6, 6.07) is 9.28. The van der Waals surface area contributed by atoms with Crippen LogP contribution in [0.15, 0.2) is 53.7 Å². The van der Waals surface area contributed by atoms with Gasteiger partial charge in [-0.25, -0.2) is 8.42 Å². The number of benzene rings is 1. The highest BCUT2D eigenvalue weighted by atomic mass is 35.5. The molecule has 1 atom stereocenters. The van der Waals surface area contributed by atoms with Gasteiger partial charge in [-0.2, -0.15) is 0 Å². The lowest BCUT2D eigenvalue weighted by molar-refractivity contribution is -0.118. The van der Waals surface area contributed by atoms with Crippen LogP contribution in [0.2, 0.25) is 5.02 Å². The standard InChI is InChI=1S/C15H15ClN2O3S/c1-11(19)18-10-15(12-3-2-8-17-9-12)22(20,21)14-6-4-13(16)5-7-14/h2-9,15H,10H2,1H3,(H,18,19)/t15-/m1/s1. The quantitative estimate of drug-likeness (QED) is 0.908. The zero-order chi connectivity index (χ0) is 16.2. The van der Waals surface area contributed by atoms with E-state index < -0.39 is 15.1 Å². The van der Waals surface area contributed by atoms with Crippen LogP contribution in [0.4, 0.5) is 0 Å². The summed E-state index contributed by atoms with van der Waals surface area (Å²) in [4.78, 5) is 15.3. The van der Waals surface area contributed by atoms with Gasteiger partial charge in [0.15, 0.2) is 9.84 Å². The SMILES string of the molecule is CC(=O)NC[C@H](c1cccnc1)S(=O)(=O)c1ccc(Cl)cc1. The summed E-state index contributed by atoms with van der Waals surface area (Å²) < 4.78 is 25.7. The number of rotatable bonds is 5. The van der Waals surface area contributed by atoms with Crippen molar-refractivity contribution in [3.63, 3.8) is 0 Å². The highest BCUT2D eigenvalue weighted by Gasteiger charge is 2.29. The fourth-order valence-corrected chi connectivity index (χ4v) is 3.77. The number of hydrogen-bond donors (Lipinski definition) is 1. The van der Waals surface area contributed by atoms with Gasteiger partial charge in [-0.1, -0.05) is 17.7 Å². The van der Waals surface area contributed by atoms with Crippen LogP contribution in [0.1, 0.15) is 17.7 Å². The van der Waals surface area contributed by atoms with Crippen LogP contribution in [-0.4, -0.2) is 25.9 Å². The molecule has 0 fully saturated rings. The fraction of sp³-hybridized carbons (Fsp3) is 0.200. The molecule has 1 aromatic heterocycles. The summed E-state index contributed by atoms with van der Waals surface area (Å²) >= 11 is 5.80. The predicted molar refractivity (Wildman–Crippen MR) is 84.3 cm³/mol. The number of nitrogens with one attached hydrogen (secondary N) is 1. The predicted octanol–water partition coefficient (Wildman–Crippen LogP) is 2.39. The second-order valence-corrected chi connectivity index (χ2v) is 7.28. The minimum absolute atomic E-state index is 0.0218. The van der Waals surface area contributed by atoms with Crippen LogP contribution in [-0.2, 0) is 14.6 Å². The molecule has 1 amide bonds. The summed E-state index contributed by atoms with van der Waals surface area (Å²) in [5.41, 5.74) is 0.520. The van der Waals surface area contributed by atoms with Gasteiger partial charge in [0, 0.05) is 30.9 Å². The third-order valence-electron chi connectivity index (χ3n) is 3.11. The van der Waals surface area contributed by atoms with E-state index in [-0.39, 0.29) is 17.3 Å². The first kappa shape index (κ1) is 16.5. The summed E-state index contributed by atoms with van der Waals surface area (Å²) in [5.74, 6) is -0.291. The van der Waals surface area contributed by atoms with Crippen molar-refractivity contribution in [2.45, 2.75) is 17.1 Å². The maximum atomic E-state index is 12.8. The minimum Gasteiger partial charge on any atom is -0.355 e. The lowest BCUT2D eigenvalue weighted by Gasteiger charge is -2.18. The van der Waals surface area contributed by atoms with E-state index >= 15 is 0 Å². The molecule has 2 rings (SSSR count). The molecule has 0 radical (unpaired) electrons. The largest absolute Gasteiger partial charge is 0.355 e. The third kappa shape index (κ3) is 3.84. The average Bonchev–Trinajstić information content (AvgIpc) is 2.48. The molecule has 0 aliphatic heterocycles. The van der Waals surface area contributed by atoms with Crippen molar-refractivity contribution in [3.05, 3.63) is 59.4 Å². The van der Waals surface area contributed by atoms with Crippen LogP contribution in [0, 0.1) is 0 Å². The lowest BCUT2D eigenvalue weighted by atomic mass is 10.2. The summed E-state index contributed by atoms with van der Waals surface area (Å²) in [6.07, 6.45) is 3.05. The Morgan fingerprint density at radius 2 is 1.95 bits per heavy atom. The Morgan fingerprint density at radius 1 is 1.27 bits per heavy atom. The smallest absolute Gasteiger partial charge is 0.216 e. The van der Waals surface area contributed by atoms with Crippen molar-refractivity contribution < 1.29 is 13.2 Å². The maximum absolute atomic E-state index is 12.8. The summed E-state index contributed by atoms with van der Waals surface area (Å²) in [7, 11) is -3.68. The number of hydrogen-bond acceptors (Lipinski definition) is 4. The van der Waals surface area contributed by atoms with E-state index in [4.69, 9.17) is 11.6 Å². The third-order valence-corrected chi connectivity index (χ3v) is 5.48. The number of amides is 1. The molecule has 2 aromatic rings. The van der Waals surface area contributed by atoms with Gasteiger partial charge >= 0.3 is 0 Å². The van der Waals surface area contributed by atoms with E-state index in [1.165, 1.54) is 37.4 Å². The topological polar surface area (TPSA) is 76.1 Å². The minimum atomic E-state index is -3.68. The van der Waals surface area contributed by atoms with Gasteiger partial charge in [-0.3, -0.25) is 9.78 Å². The van der Waals surface area contributed by atoms with E-state index in [1.54, 1.807) is 18.3 Å². The molecule has 1 aromatic carbocycles. The summed E-state index contributed by atoms with van der Waals surface area (Å²) in [5, 5.41) is 2.11. The molecule has 0 saturated heterocycles. The Balaban J connectivity index is 2.43. The van der Waals surface area contributed by atoms with Gasteiger partial charge in [-0.15, -0.1) is 0 Å². The van der Waals surface area contributed by atoms with Crippen molar-refractivity contribution in [3.8, 4) is 0 Å². The van der Waals surface area contributed by atoms with E-state index in [1.807, 2.05) is 0 Å². The summed E-state index contributed by atoms with van der Waals surface area (Å²) in [6.45, 7) is 1.32. The number of sulfone groups is 1. The van der Waals surface area contributed by atoms with E-state index in [9.17, 15) is 13.2 Å².